The van der Waals surface area contributed by atoms with Crippen LogP contribution in [0.5, 0.6) is 0 Å². The van der Waals surface area contributed by atoms with Crippen LogP contribution in [0.3, 0.4) is 0 Å². The maximum Gasteiger partial charge on any atom is 0.0340 e. The molecule has 0 atom stereocenters. The number of rotatable bonds is 2. The van der Waals surface area contributed by atoms with Gasteiger partial charge in [0.2, 0.25) is 0 Å². The predicted molar refractivity (Wildman–Crippen MR) is 107 cm³/mol. The summed E-state index contributed by atoms with van der Waals surface area (Å²) in [6, 6.07) is 26.4. The standard InChI is InChI=1S/C22H18S2/c1-15-7-11-17(12-8-15)21-22(18-13-9-16(2)10-14-18)24-20-6-4-3-5-19(20)23-21/h3-14H,1-2H3. The lowest BCUT2D eigenvalue weighted by atomic mass is 10.1. The molecule has 118 valence electrons. The summed E-state index contributed by atoms with van der Waals surface area (Å²) >= 11 is 3.76. The highest BCUT2D eigenvalue weighted by molar-refractivity contribution is 8.16. The lowest BCUT2D eigenvalue weighted by Crippen LogP contribution is -1.94. The van der Waals surface area contributed by atoms with Gasteiger partial charge < -0.3 is 0 Å². The van der Waals surface area contributed by atoms with Crippen LogP contribution in [0.25, 0.3) is 9.81 Å². The first-order valence-electron chi connectivity index (χ1n) is 8.04. The summed E-state index contributed by atoms with van der Waals surface area (Å²) in [4.78, 5) is 5.38. The van der Waals surface area contributed by atoms with Crippen molar-refractivity contribution >= 4 is 33.3 Å². The van der Waals surface area contributed by atoms with Crippen molar-refractivity contribution in [1.82, 2.24) is 0 Å². The molecule has 0 amide bonds. The van der Waals surface area contributed by atoms with E-state index in [4.69, 9.17) is 0 Å². The highest BCUT2D eigenvalue weighted by atomic mass is 32.2. The van der Waals surface area contributed by atoms with Crippen molar-refractivity contribution < 1.29 is 0 Å². The van der Waals surface area contributed by atoms with Crippen LogP contribution >= 0.6 is 23.5 Å². The molecule has 3 aromatic carbocycles. The van der Waals surface area contributed by atoms with Crippen LogP contribution in [-0.4, -0.2) is 0 Å². The zero-order valence-electron chi connectivity index (χ0n) is 13.7. The largest absolute Gasteiger partial charge is 0.0871 e. The summed E-state index contributed by atoms with van der Waals surface area (Å²) in [5.41, 5.74) is 5.18. The number of fused-ring (bicyclic) bond motifs is 1. The summed E-state index contributed by atoms with van der Waals surface area (Å²) in [7, 11) is 0. The zero-order chi connectivity index (χ0) is 16.5. The summed E-state index contributed by atoms with van der Waals surface area (Å²) in [5, 5.41) is 0. The Labute approximate surface area is 152 Å². The van der Waals surface area contributed by atoms with Crippen LogP contribution in [-0.2, 0) is 0 Å². The summed E-state index contributed by atoms with van der Waals surface area (Å²) in [6.07, 6.45) is 0. The Bertz CT molecular complexity index is 827. The summed E-state index contributed by atoms with van der Waals surface area (Å²) in [5.74, 6) is 0. The van der Waals surface area contributed by atoms with Crippen molar-refractivity contribution in [3.8, 4) is 0 Å². The maximum atomic E-state index is 2.24. The molecule has 24 heavy (non-hydrogen) atoms. The van der Waals surface area contributed by atoms with Crippen molar-refractivity contribution in [2.45, 2.75) is 23.6 Å². The van der Waals surface area contributed by atoms with Gasteiger partial charge in [0.15, 0.2) is 0 Å². The molecule has 0 radical (unpaired) electrons. The highest BCUT2D eigenvalue weighted by Gasteiger charge is 2.21. The lowest BCUT2D eigenvalue weighted by Gasteiger charge is -2.22. The van der Waals surface area contributed by atoms with Crippen LogP contribution in [0.15, 0.2) is 82.6 Å². The Hall–Kier alpha value is -1.90. The second kappa shape index (κ2) is 6.54. The molecule has 3 aromatic rings. The van der Waals surface area contributed by atoms with Crippen molar-refractivity contribution in [2.24, 2.45) is 0 Å². The first-order valence-corrected chi connectivity index (χ1v) is 9.67. The fourth-order valence-electron chi connectivity index (χ4n) is 2.72. The number of aryl methyl sites for hydroxylation is 2. The Morgan fingerprint density at radius 2 is 0.875 bits per heavy atom. The van der Waals surface area contributed by atoms with Gasteiger partial charge in [0, 0.05) is 19.6 Å². The number of hydrogen-bond acceptors (Lipinski definition) is 2. The van der Waals surface area contributed by atoms with E-state index in [1.165, 1.54) is 41.9 Å². The van der Waals surface area contributed by atoms with Gasteiger partial charge in [-0.25, -0.2) is 0 Å². The second-order valence-corrected chi connectivity index (χ2v) is 8.15. The molecular weight excluding hydrogens is 328 g/mol. The molecule has 0 spiro atoms. The molecule has 0 saturated carbocycles. The molecule has 0 unspecified atom stereocenters. The molecule has 1 heterocycles. The maximum absolute atomic E-state index is 2.24. The minimum atomic E-state index is 1.29. The quantitative estimate of drug-likeness (QED) is 0.488. The van der Waals surface area contributed by atoms with Gasteiger partial charge in [-0.2, -0.15) is 0 Å². The van der Waals surface area contributed by atoms with E-state index in [0.717, 1.165) is 0 Å². The van der Waals surface area contributed by atoms with Gasteiger partial charge in [-0.1, -0.05) is 95.3 Å². The van der Waals surface area contributed by atoms with Crippen molar-refractivity contribution in [2.75, 3.05) is 0 Å². The molecule has 0 bridgehead atoms. The van der Waals surface area contributed by atoms with Crippen molar-refractivity contribution in [3.63, 3.8) is 0 Å². The van der Waals surface area contributed by atoms with Gasteiger partial charge in [-0.3, -0.25) is 0 Å². The van der Waals surface area contributed by atoms with E-state index in [1.807, 2.05) is 23.5 Å². The molecule has 0 saturated heterocycles. The summed E-state index contributed by atoms with van der Waals surface area (Å²) < 4.78 is 0. The van der Waals surface area contributed by atoms with Gasteiger partial charge in [-0.05, 0) is 37.1 Å². The van der Waals surface area contributed by atoms with E-state index in [1.54, 1.807) is 0 Å². The molecular formula is C22H18S2. The predicted octanol–water partition coefficient (Wildman–Crippen LogP) is 7.03. The minimum Gasteiger partial charge on any atom is -0.0871 e. The summed E-state index contributed by atoms with van der Waals surface area (Å²) in [6.45, 7) is 4.27. The van der Waals surface area contributed by atoms with E-state index in [-0.39, 0.29) is 0 Å². The Morgan fingerprint density at radius 1 is 0.500 bits per heavy atom. The van der Waals surface area contributed by atoms with Gasteiger partial charge in [-0.15, -0.1) is 0 Å². The van der Waals surface area contributed by atoms with Crippen LogP contribution in [0.4, 0.5) is 0 Å². The molecule has 0 aliphatic carbocycles. The topological polar surface area (TPSA) is 0 Å². The normalized spacial score (nSPS) is 13.8. The third-order valence-corrected chi connectivity index (χ3v) is 6.81. The molecule has 0 fully saturated rings. The third-order valence-electron chi connectivity index (χ3n) is 4.11. The van der Waals surface area contributed by atoms with E-state index in [2.05, 4.69) is 86.6 Å². The van der Waals surface area contributed by atoms with Gasteiger partial charge in [0.1, 0.15) is 0 Å². The molecule has 4 rings (SSSR count). The first-order chi connectivity index (χ1) is 11.7. The molecule has 0 nitrogen and oxygen atoms in total. The van der Waals surface area contributed by atoms with E-state index >= 15 is 0 Å². The second-order valence-electron chi connectivity index (χ2n) is 6.04. The fraction of sp³-hybridized carbons (Fsp3) is 0.0909. The fourth-order valence-corrected chi connectivity index (χ4v) is 5.22. The molecule has 1 aliphatic rings. The molecule has 0 aromatic heterocycles. The van der Waals surface area contributed by atoms with Crippen LogP contribution in [0, 0.1) is 13.8 Å². The minimum absolute atomic E-state index is 1.29. The lowest BCUT2D eigenvalue weighted by molar-refractivity contribution is 1.26. The Balaban J connectivity index is 1.87. The van der Waals surface area contributed by atoms with Crippen LogP contribution < -0.4 is 0 Å². The smallest absolute Gasteiger partial charge is 0.0340 e. The molecule has 2 heteroatoms. The van der Waals surface area contributed by atoms with Gasteiger partial charge in [0.25, 0.3) is 0 Å². The van der Waals surface area contributed by atoms with Crippen LogP contribution in [0.1, 0.15) is 22.3 Å². The van der Waals surface area contributed by atoms with E-state index < -0.39 is 0 Å². The van der Waals surface area contributed by atoms with Gasteiger partial charge in [0.05, 0.1) is 0 Å². The number of hydrogen-bond donors (Lipinski definition) is 0. The average Bonchev–Trinajstić information content (AvgIpc) is 2.62. The van der Waals surface area contributed by atoms with Crippen molar-refractivity contribution in [3.05, 3.63) is 95.1 Å². The number of thioether (sulfide) groups is 2. The molecule has 0 N–H and O–H groups in total. The highest BCUT2D eigenvalue weighted by Crippen LogP contribution is 2.54. The zero-order valence-corrected chi connectivity index (χ0v) is 15.4. The Kier molecular flexibility index (Phi) is 4.26. The number of benzene rings is 3. The SMILES string of the molecule is Cc1ccc(C2=C(c3ccc(C)cc3)Sc3ccccc3S2)cc1. The first kappa shape index (κ1) is 15.6. The van der Waals surface area contributed by atoms with Gasteiger partial charge >= 0.3 is 0 Å². The Morgan fingerprint density at radius 3 is 1.25 bits per heavy atom. The van der Waals surface area contributed by atoms with E-state index in [9.17, 15) is 0 Å². The van der Waals surface area contributed by atoms with Crippen molar-refractivity contribution in [1.29, 1.82) is 0 Å². The van der Waals surface area contributed by atoms with E-state index in [0.29, 0.717) is 0 Å². The monoisotopic (exact) mass is 346 g/mol. The molecule has 1 aliphatic heterocycles. The average molecular weight is 347 g/mol. The van der Waals surface area contributed by atoms with Crippen LogP contribution in [0.2, 0.25) is 0 Å². The third kappa shape index (κ3) is 3.04.